The molecule has 0 radical (unpaired) electrons. The first-order valence-electron chi connectivity index (χ1n) is 4.71. The van der Waals surface area contributed by atoms with Gasteiger partial charge in [0.1, 0.15) is 5.01 Å². The highest BCUT2D eigenvalue weighted by Gasteiger charge is 2.54. The Balaban J connectivity index is 2.38. The third-order valence-corrected chi connectivity index (χ3v) is 4.44. The molecule has 13 heavy (non-hydrogen) atoms. The number of hydrogen-bond acceptors (Lipinski definition) is 3. The highest BCUT2D eigenvalue weighted by Crippen LogP contribution is 2.55. The Bertz CT molecular complexity index is 288. The van der Waals surface area contributed by atoms with E-state index in [0.29, 0.717) is 5.41 Å². The van der Waals surface area contributed by atoms with Crippen LogP contribution in [0.15, 0.2) is 11.6 Å². The second kappa shape index (κ2) is 2.79. The first kappa shape index (κ1) is 9.16. The highest BCUT2D eigenvalue weighted by atomic mass is 32.1. The quantitative estimate of drug-likeness (QED) is 0.785. The van der Waals surface area contributed by atoms with Crippen molar-refractivity contribution in [2.45, 2.75) is 32.2 Å². The molecular formula is C10H16N2S. The Morgan fingerprint density at radius 3 is 2.54 bits per heavy atom. The molecule has 1 unspecified atom stereocenters. The molecule has 1 heterocycles. The van der Waals surface area contributed by atoms with Crippen molar-refractivity contribution in [1.29, 1.82) is 0 Å². The predicted molar refractivity (Wildman–Crippen MR) is 55.9 cm³/mol. The second-order valence-corrected chi connectivity index (χ2v) is 5.27. The van der Waals surface area contributed by atoms with Gasteiger partial charge in [0.05, 0.1) is 5.54 Å². The third-order valence-electron chi connectivity index (χ3n) is 3.50. The maximum absolute atomic E-state index is 4.43. The molecule has 3 heteroatoms. The Kier molecular flexibility index (Phi) is 1.96. The number of hydrogen-bond donors (Lipinski definition) is 1. The van der Waals surface area contributed by atoms with Gasteiger partial charge in [0.25, 0.3) is 0 Å². The van der Waals surface area contributed by atoms with Crippen molar-refractivity contribution < 1.29 is 0 Å². The fourth-order valence-corrected chi connectivity index (χ4v) is 3.33. The van der Waals surface area contributed by atoms with Gasteiger partial charge < -0.3 is 5.32 Å². The van der Waals surface area contributed by atoms with Crippen LogP contribution >= 0.6 is 11.3 Å². The molecule has 1 aromatic rings. The van der Waals surface area contributed by atoms with Crippen molar-refractivity contribution in [2.24, 2.45) is 5.41 Å². The van der Waals surface area contributed by atoms with E-state index in [1.807, 2.05) is 13.2 Å². The summed E-state index contributed by atoms with van der Waals surface area (Å²) in [5.74, 6) is 0. The first-order chi connectivity index (χ1) is 6.12. The minimum atomic E-state index is 0.140. The van der Waals surface area contributed by atoms with Gasteiger partial charge in [-0.3, -0.25) is 0 Å². The van der Waals surface area contributed by atoms with Crippen LogP contribution in [0.5, 0.6) is 0 Å². The average molecular weight is 196 g/mol. The summed E-state index contributed by atoms with van der Waals surface area (Å²) < 4.78 is 0. The fraction of sp³-hybridized carbons (Fsp3) is 0.700. The van der Waals surface area contributed by atoms with Crippen LogP contribution < -0.4 is 5.32 Å². The molecule has 0 aliphatic heterocycles. The van der Waals surface area contributed by atoms with Crippen LogP contribution in [0.25, 0.3) is 0 Å². The Hall–Kier alpha value is -0.410. The van der Waals surface area contributed by atoms with Crippen LogP contribution in [0.1, 0.15) is 31.7 Å². The van der Waals surface area contributed by atoms with E-state index in [1.54, 1.807) is 11.3 Å². The summed E-state index contributed by atoms with van der Waals surface area (Å²) in [6, 6.07) is 0. The minimum absolute atomic E-state index is 0.140. The smallest absolute Gasteiger partial charge is 0.113 e. The summed E-state index contributed by atoms with van der Waals surface area (Å²) in [5.41, 5.74) is 0.487. The van der Waals surface area contributed by atoms with E-state index in [0.717, 1.165) is 0 Å². The lowest BCUT2D eigenvalue weighted by Gasteiger charge is -2.55. The summed E-state index contributed by atoms with van der Waals surface area (Å²) in [6.07, 6.45) is 4.39. The third kappa shape index (κ3) is 1.07. The van der Waals surface area contributed by atoms with E-state index in [-0.39, 0.29) is 5.54 Å². The molecule has 2 rings (SSSR count). The Labute approximate surface area is 83.4 Å². The van der Waals surface area contributed by atoms with E-state index in [1.165, 1.54) is 17.8 Å². The van der Waals surface area contributed by atoms with E-state index in [4.69, 9.17) is 0 Å². The summed E-state index contributed by atoms with van der Waals surface area (Å²) in [4.78, 5) is 4.43. The van der Waals surface area contributed by atoms with Crippen LogP contribution in [-0.4, -0.2) is 12.0 Å². The molecule has 0 aromatic carbocycles. The van der Waals surface area contributed by atoms with Gasteiger partial charge in [0.15, 0.2) is 0 Å². The van der Waals surface area contributed by atoms with Crippen LogP contribution in [-0.2, 0) is 5.54 Å². The number of aromatic nitrogens is 1. The van der Waals surface area contributed by atoms with E-state index in [2.05, 4.69) is 29.5 Å². The molecule has 0 saturated heterocycles. The first-order valence-corrected chi connectivity index (χ1v) is 5.59. The van der Waals surface area contributed by atoms with Crippen LogP contribution in [0.4, 0.5) is 0 Å². The maximum atomic E-state index is 4.43. The molecule has 0 spiro atoms. The van der Waals surface area contributed by atoms with Gasteiger partial charge in [-0.05, 0) is 25.3 Å². The van der Waals surface area contributed by atoms with Crippen molar-refractivity contribution in [2.75, 3.05) is 7.05 Å². The fourth-order valence-electron chi connectivity index (χ4n) is 2.28. The van der Waals surface area contributed by atoms with E-state index >= 15 is 0 Å². The van der Waals surface area contributed by atoms with Crippen molar-refractivity contribution in [3.63, 3.8) is 0 Å². The monoisotopic (exact) mass is 196 g/mol. The van der Waals surface area contributed by atoms with Crippen molar-refractivity contribution in [3.8, 4) is 0 Å². The molecule has 1 atom stereocenters. The van der Waals surface area contributed by atoms with Gasteiger partial charge in [-0.25, -0.2) is 4.98 Å². The zero-order valence-electron chi connectivity index (χ0n) is 8.42. The predicted octanol–water partition coefficient (Wildman–Crippen LogP) is 2.38. The molecule has 1 aromatic heterocycles. The lowest BCUT2D eigenvalue weighted by Crippen LogP contribution is -2.59. The zero-order chi connectivity index (χ0) is 9.53. The molecule has 0 bridgehead atoms. The average Bonchev–Trinajstić information content (AvgIpc) is 2.58. The normalized spacial score (nSPS) is 31.3. The number of thiazole rings is 1. The Morgan fingerprint density at radius 2 is 2.23 bits per heavy atom. The van der Waals surface area contributed by atoms with Gasteiger partial charge in [-0.1, -0.05) is 13.8 Å². The second-order valence-electron chi connectivity index (χ2n) is 4.38. The van der Waals surface area contributed by atoms with Crippen LogP contribution in [0, 0.1) is 5.41 Å². The summed E-state index contributed by atoms with van der Waals surface area (Å²) >= 11 is 1.76. The van der Waals surface area contributed by atoms with Crippen molar-refractivity contribution >= 4 is 11.3 Å². The van der Waals surface area contributed by atoms with Gasteiger partial charge >= 0.3 is 0 Å². The number of nitrogens with one attached hydrogen (secondary N) is 1. The van der Waals surface area contributed by atoms with Crippen LogP contribution in [0.3, 0.4) is 0 Å². The van der Waals surface area contributed by atoms with Crippen LogP contribution in [0.2, 0.25) is 0 Å². The largest absolute Gasteiger partial charge is 0.308 e. The molecule has 1 saturated carbocycles. The number of nitrogens with zero attached hydrogens (tertiary/aromatic N) is 1. The molecule has 0 amide bonds. The molecule has 1 fully saturated rings. The minimum Gasteiger partial charge on any atom is -0.308 e. The molecule has 2 nitrogen and oxygen atoms in total. The summed E-state index contributed by atoms with van der Waals surface area (Å²) in [6.45, 7) is 4.63. The lowest BCUT2D eigenvalue weighted by atomic mass is 9.57. The van der Waals surface area contributed by atoms with E-state index in [9.17, 15) is 0 Å². The summed E-state index contributed by atoms with van der Waals surface area (Å²) in [5, 5.41) is 6.76. The molecule has 1 N–H and O–H groups in total. The molecule has 1 aliphatic rings. The van der Waals surface area contributed by atoms with Crippen molar-refractivity contribution in [1.82, 2.24) is 10.3 Å². The van der Waals surface area contributed by atoms with Crippen molar-refractivity contribution in [3.05, 3.63) is 16.6 Å². The Morgan fingerprint density at radius 1 is 1.46 bits per heavy atom. The van der Waals surface area contributed by atoms with Gasteiger partial charge in [-0.15, -0.1) is 11.3 Å². The number of rotatable bonds is 2. The summed E-state index contributed by atoms with van der Waals surface area (Å²) in [7, 11) is 2.04. The molecule has 72 valence electrons. The molecule has 1 aliphatic carbocycles. The van der Waals surface area contributed by atoms with Gasteiger partial charge in [-0.2, -0.15) is 0 Å². The van der Waals surface area contributed by atoms with Gasteiger partial charge in [0, 0.05) is 11.6 Å². The zero-order valence-corrected chi connectivity index (χ0v) is 9.24. The maximum Gasteiger partial charge on any atom is 0.113 e. The SMILES string of the molecule is CNC1(c2nccs2)CCC1(C)C. The highest BCUT2D eigenvalue weighted by molar-refractivity contribution is 7.09. The lowest BCUT2D eigenvalue weighted by molar-refractivity contribution is 0.00175. The van der Waals surface area contributed by atoms with Gasteiger partial charge in [0.2, 0.25) is 0 Å². The van der Waals surface area contributed by atoms with E-state index < -0.39 is 0 Å². The topological polar surface area (TPSA) is 24.9 Å². The standard InChI is InChI=1S/C10H16N2S/c1-9(2)4-5-10(9,11-3)8-12-6-7-13-8/h6-7,11H,4-5H2,1-3H3. The molecular weight excluding hydrogens is 180 g/mol.